The first kappa shape index (κ1) is 11.7. The number of rotatable bonds is 4. The van der Waals surface area contributed by atoms with Crippen molar-refractivity contribution in [2.75, 3.05) is 25.2 Å². The van der Waals surface area contributed by atoms with E-state index in [9.17, 15) is 4.79 Å². The topological polar surface area (TPSA) is 59.0 Å². The third kappa shape index (κ3) is 2.50. The molecule has 1 heterocycles. The van der Waals surface area contributed by atoms with Gasteiger partial charge in [0.1, 0.15) is 11.9 Å². The van der Waals surface area contributed by atoms with Gasteiger partial charge >= 0.3 is 6.09 Å². The van der Waals surface area contributed by atoms with Crippen LogP contribution in [0.4, 0.5) is 10.5 Å². The smallest absolute Gasteiger partial charge is 0.414 e. The maximum Gasteiger partial charge on any atom is 0.414 e. The predicted molar refractivity (Wildman–Crippen MR) is 62.3 cm³/mol. The summed E-state index contributed by atoms with van der Waals surface area (Å²) in [5.41, 5.74) is 0.745. The van der Waals surface area contributed by atoms with Crippen LogP contribution >= 0.6 is 0 Å². The van der Waals surface area contributed by atoms with Crippen molar-refractivity contribution in [3.63, 3.8) is 0 Å². The number of amides is 1. The summed E-state index contributed by atoms with van der Waals surface area (Å²) in [4.78, 5) is 13.2. The Morgan fingerprint density at radius 2 is 2.41 bits per heavy atom. The minimum Gasteiger partial charge on any atom is -0.497 e. The number of aliphatic hydroxyl groups is 1. The van der Waals surface area contributed by atoms with Crippen LogP contribution in [0.15, 0.2) is 24.3 Å². The summed E-state index contributed by atoms with van der Waals surface area (Å²) in [6.07, 6.45) is -0.151. The van der Waals surface area contributed by atoms with Crippen LogP contribution < -0.4 is 9.64 Å². The lowest BCUT2D eigenvalue weighted by Crippen LogP contribution is -2.24. The molecule has 17 heavy (non-hydrogen) atoms. The largest absolute Gasteiger partial charge is 0.497 e. The molecule has 0 radical (unpaired) electrons. The van der Waals surface area contributed by atoms with Crippen LogP contribution in [0.1, 0.15) is 6.42 Å². The number of benzene rings is 1. The first-order chi connectivity index (χ1) is 8.24. The summed E-state index contributed by atoms with van der Waals surface area (Å²) in [5, 5.41) is 8.82. The predicted octanol–water partition coefficient (Wildman–Crippen LogP) is 1.40. The van der Waals surface area contributed by atoms with Gasteiger partial charge in [-0.15, -0.1) is 0 Å². The van der Waals surface area contributed by atoms with E-state index in [0.717, 1.165) is 5.69 Å². The Labute approximate surface area is 99.6 Å². The van der Waals surface area contributed by atoms with Crippen molar-refractivity contribution in [1.82, 2.24) is 0 Å². The highest BCUT2D eigenvalue weighted by atomic mass is 16.6. The molecule has 1 N–H and O–H groups in total. The van der Waals surface area contributed by atoms with Crippen molar-refractivity contribution in [1.29, 1.82) is 0 Å². The zero-order valence-electron chi connectivity index (χ0n) is 9.63. The molecular weight excluding hydrogens is 222 g/mol. The van der Waals surface area contributed by atoms with Crippen LogP contribution in [0.2, 0.25) is 0 Å². The molecule has 1 aromatic rings. The third-order valence-corrected chi connectivity index (χ3v) is 2.69. The van der Waals surface area contributed by atoms with Crippen molar-refractivity contribution in [3.8, 4) is 5.75 Å². The van der Waals surface area contributed by atoms with Gasteiger partial charge in [0.05, 0.1) is 19.3 Å². The Bertz CT molecular complexity index is 407. The maximum atomic E-state index is 11.6. The Morgan fingerprint density at radius 3 is 3.12 bits per heavy atom. The van der Waals surface area contributed by atoms with E-state index in [1.165, 1.54) is 0 Å². The standard InChI is InChI=1S/C12H15NO4/c1-16-10-4-2-3-9(7-10)13-8-11(5-6-14)17-12(13)15/h2-4,7,11,14H,5-6,8H2,1H3. The lowest BCUT2D eigenvalue weighted by Gasteiger charge is -2.13. The van der Waals surface area contributed by atoms with E-state index in [1.54, 1.807) is 18.1 Å². The van der Waals surface area contributed by atoms with E-state index < -0.39 is 0 Å². The van der Waals surface area contributed by atoms with Gasteiger partial charge < -0.3 is 14.6 Å². The van der Waals surface area contributed by atoms with E-state index in [2.05, 4.69) is 0 Å². The lowest BCUT2D eigenvalue weighted by atomic mass is 10.2. The first-order valence-electron chi connectivity index (χ1n) is 5.47. The number of aliphatic hydroxyl groups excluding tert-OH is 1. The molecule has 1 fully saturated rings. The molecule has 1 amide bonds. The molecule has 5 heteroatoms. The second-order valence-electron chi connectivity index (χ2n) is 3.83. The fourth-order valence-electron chi connectivity index (χ4n) is 1.81. The van der Waals surface area contributed by atoms with Crippen molar-refractivity contribution in [2.45, 2.75) is 12.5 Å². The molecule has 1 unspecified atom stereocenters. The summed E-state index contributed by atoms with van der Waals surface area (Å²) in [6.45, 7) is 0.483. The minimum atomic E-state index is -0.378. The zero-order chi connectivity index (χ0) is 12.3. The summed E-state index contributed by atoms with van der Waals surface area (Å²) >= 11 is 0. The van der Waals surface area contributed by atoms with Crippen LogP contribution in [-0.2, 0) is 4.74 Å². The van der Waals surface area contributed by atoms with Crippen LogP contribution in [0.25, 0.3) is 0 Å². The molecular formula is C12H15NO4. The first-order valence-corrected chi connectivity index (χ1v) is 5.47. The van der Waals surface area contributed by atoms with Crippen LogP contribution in [0, 0.1) is 0 Å². The van der Waals surface area contributed by atoms with E-state index >= 15 is 0 Å². The second-order valence-corrected chi connectivity index (χ2v) is 3.83. The van der Waals surface area contributed by atoms with Crippen LogP contribution in [-0.4, -0.2) is 37.6 Å². The highest BCUT2D eigenvalue weighted by molar-refractivity contribution is 5.89. The van der Waals surface area contributed by atoms with E-state index in [1.807, 2.05) is 18.2 Å². The molecule has 0 spiro atoms. The number of nitrogens with zero attached hydrogens (tertiary/aromatic N) is 1. The van der Waals surface area contributed by atoms with Crippen molar-refractivity contribution >= 4 is 11.8 Å². The molecule has 92 valence electrons. The van der Waals surface area contributed by atoms with Crippen LogP contribution in [0.3, 0.4) is 0 Å². The normalized spacial score (nSPS) is 19.3. The van der Waals surface area contributed by atoms with Gasteiger partial charge in [-0.05, 0) is 12.1 Å². The van der Waals surface area contributed by atoms with Gasteiger partial charge in [0.15, 0.2) is 0 Å². The van der Waals surface area contributed by atoms with Crippen molar-refractivity contribution in [2.24, 2.45) is 0 Å². The number of hydrogen-bond acceptors (Lipinski definition) is 4. The summed E-state index contributed by atoms with van der Waals surface area (Å²) in [7, 11) is 1.58. The number of anilines is 1. The highest BCUT2D eigenvalue weighted by Gasteiger charge is 2.31. The summed E-state index contributed by atoms with van der Waals surface area (Å²) in [6, 6.07) is 7.24. The molecule has 0 bridgehead atoms. The number of cyclic esters (lactones) is 1. The molecule has 1 aliphatic heterocycles. The van der Waals surface area contributed by atoms with Gasteiger partial charge in [-0.1, -0.05) is 6.07 Å². The Morgan fingerprint density at radius 1 is 1.59 bits per heavy atom. The highest BCUT2D eigenvalue weighted by Crippen LogP contribution is 2.26. The number of carbonyl (C=O) groups is 1. The van der Waals surface area contributed by atoms with E-state index in [4.69, 9.17) is 14.6 Å². The quantitative estimate of drug-likeness (QED) is 0.860. The Balaban J connectivity index is 2.14. The van der Waals surface area contributed by atoms with Gasteiger partial charge in [0.25, 0.3) is 0 Å². The lowest BCUT2D eigenvalue weighted by molar-refractivity contribution is 0.122. The van der Waals surface area contributed by atoms with Gasteiger partial charge in [-0.25, -0.2) is 4.79 Å². The molecule has 5 nitrogen and oxygen atoms in total. The maximum absolute atomic E-state index is 11.6. The fourth-order valence-corrected chi connectivity index (χ4v) is 1.81. The fraction of sp³-hybridized carbons (Fsp3) is 0.417. The second kappa shape index (κ2) is 5.05. The molecule has 2 rings (SSSR count). The van der Waals surface area contributed by atoms with Crippen LogP contribution in [0.5, 0.6) is 5.75 Å². The van der Waals surface area contributed by atoms with Gasteiger partial charge in [-0.2, -0.15) is 0 Å². The van der Waals surface area contributed by atoms with E-state index in [-0.39, 0.29) is 18.8 Å². The molecule has 1 aliphatic rings. The molecule has 0 aromatic heterocycles. The van der Waals surface area contributed by atoms with Crippen molar-refractivity contribution in [3.05, 3.63) is 24.3 Å². The van der Waals surface area contributed by atoms with Crippen molar-refractivity contribution < 1.29 is 19.4 Å². The number of methoxy groups -OCH3 is 1. The van der Waals surface area contributed by atoms with Gasteiger partial charge in [-0.3, -0.25) is 4.90 Å². The molecule has 1 atom stereocenters. The molecule has 1 saturated heterocycles. The number of carbonyl (C=O) groups excluding carboxylic acids is 1. The van der Waals surface area contributed by atoms with Gasteiger partial charge in [0, 0.05) is 19.1 Å². The number of ether oxygens (including phenoxy) is 2. The third-order valence-electron chi connectivity index (χ3n) is 2.69. The zero-order valence-corrected chi connectivity index (χ0v) is 9.63. The Hall–Kier alpha value is -1.75. The molecule has 0 aliphatic carbocycles. The monoisotopic (exact) mass is 237 g/mol. The Kier molecular flexibility index (Phi) is 3.49. The summed E-state index contributed by atoms with van der Waals surface area (Å²) < 4.78 is 10.2. The van der Waals surface area contributed by atoms with E-state index in [0.29, 0.717) is 18.7 Å². The number of hydrogen-bond donors (Lipinski definition) is 1. The average molecular weight is 237 g/mol. The SMILES string of the molecule is COc1cccc(N2CC(CCO)OC2=O)c1. The summed E-state index contributed by atoms with van der Waals surface area (Å²) in [5.74, 6) is 0.695. The molecule has 1 aromatic carbocycles. The minimum absolute atomic E-state index is 0.0178. The molecule has 0 saturated carbocycles. The average Bonchev–Trinajstić information content (AvgIpc) is 2.71. The van der Waals surface area contributed by atoms with Gasteiger partial charge in [0.2, 0.25) is 0 Å².